The van der Waals surface area contributed by atoms with Crippen LogP contribution in [0.4, 0.5) is 11.6 Å². The Morgan fingerprint density at radius 1 is 1.25 bits per heavy atom. The molecule has 1 unspecified atom stereocenters. The maximum absolute atomic E-state index is 4.44. The lowest BCUT2D eigenvalue weighted by Crippen LogP contribution is -2.49. The highest BCUT2D eigenvalue weighted by Gasteiger charge is 2.23. The van der Waals surface area contributed by atoms with Gasteiger partial charge >= 0.3 is 0 Å². The van der Waals surface area contributed by atoms with E-state index in [9.17, 15) is 0 Å². The summed E-state index contributed by atoms with van der Waals surface area (Å²) in [7, 11) is 0. The van der Waals surface area contributed by atoms with E-state index in [0.717, 1.165) is 48.8 Å². The molecule has 1 aliphatic heterocycles. The highest BCUT2D eigenvalue weighted by atomic mass is 79.9. The summed E-state index contributed by atoms with van der Waals surface area (Å²) >= 11 is 3.63. The number of nitrogens with one attached hydrogen (secondary N) is 1. The zero-order valence-electron chi connectivity index (χ0n) is 12.6. The van der Waals surface area contributed by atoms with Gasteiger partial charge in [-0.25, -0.2) is 9.97 Å². The van der Waals surface area contributed by atoms with Crippen LogP contribution < -0.4 is 10.2 Å². The molecule has 0 aliphatic carbocycles. The predicted octanol–water partition coefficient (Wildman–Crippen LogP) is 2.59. The predicted molar refractivity (Wildman–Crippen MR) is 87.4 cm³/mol. The van der Waals surface area contributed by atoms with Crippen molar-refractivity contribution < 1.29 is 0 Å². The third-order valence-corrected chi connectivity index (χ3v) is 4.67. The van der Waals surface area contributed by atoms with Gasteiger partial charge in [0.2, 0.25) is 0 Å². The van der Waals surface area contributed by atoms with Gasteiger partial charge < -0.3 is 10.2 Å². The van der Waals surface area contributed by atoms with Crippen LogP contribution in [-0.4, -0.2) is 53.6 Å². The third-order valence-electron chi connectivity index (χ3n) is 3.94. The van der Waals surface area contributed by atoms with E-state index in [1.165, 1.54) is 6.42 Å². The summed E-state index contributed by atoms with van der Waals surface area (Å²) in [5, 5.41) is 3.26. The number of halogens is 1. The Bertz CT molecular complexity index is 432. The maximum Gasteiger partial charge on any atom is 0.148 e. The minimum atomic E-state index is 0.670. The summed E-state index contributed by atoms with van der Waals surface area (Å²) in [5.74, 6) is 1.88. The first-order chi connectivity index (χ1) is 9.67. The van der Waals surface area contributed by atoms with Crippen LogP contribution >= 0.6 is 15.9 Å². The van der Waals surface area contributed by atoms with Gasteiger partial charge in [-0.3, -0.25) is 4.90 Å². The molecule has 0 saturated carbocycles. The van der Waals surface area contributed by atoms with Gasteiger partial charge in [-0.15, -0.1) is 0 Å². The van der Waals surface area contributed by atoms with Crippen LogP contribution in [0.1, 0.15) is 27.2 Å². The lowest BCUT2D eigenvalue weighted by molar-refractivity contribution is 0.192. The van der Waals surface area contributed by atoms with Crippen molar-refractivity contribution in [3.05, 3.63) is 10.8 Å². The Kier molecular flexibility index (Phi) is 5.60. The molecule has 6 heteroatoms. The van der Waals surface area contributed by atoms with Crippen LogP contribution in [0.3, 0.4) is 0 Å². The van der Waals surface area contributed by atoms with E-state index < -0.39 is 0 Å². The Hall–Kier alpha value is -0.880. The molecule has 2 rings (SSSR count). The Balaban J connectivity index is 2.05. The topological polar surface area (TPSA) is 44.3 Å². The van der Waals surface area contributed by atoms with Gasteiger partial charge in [-0.2, -0.15) is 0 Å². The lowest BCUT2D eigenvalue weighted by atomic mass is 10.2. The number of piperazine rings is 1. The average molecular weight is 342 g/mol. The van der Waals surface area contributed by atoms with Gasteiger partial charge in [0, 0.05) is 38.8 Å². The smallest absolute Gasteiger partial charge is 0.148 e. The fraction of sp³-hybridized carbons (Fsp3) is 0.714. The minimum absolute atomic E-state index is 0.670. The highest BCUT2D eigenvalue weighted by molar-refractivity contribution is 9.10. The van der Waals surface area contributed by atoms with E-state index in [1.807, 2.05) is 0 Å². The van der Waals surface area contributed by atoms with E-state index in [1.54, 1.807) is 6.33 Å². The molecular weight excluding hydrogens is 318 g/mol. The van der Waals surface area contributed by atoms with Gasteiger partial charge in [0.25, 0.3) is 0 Å². The van der Waals surface area contributed by atoms with Crippen LogP contribution in [0, 0.1) is 0 Å². The molecule has 0 amide bonds. The summed E-state index contributed by atoms with van der Waals surface area (Å²) in [4.78, 5) is 13.6. The van der Waals surface area contributed by atoms with Crippen molar-refractivity contribution in [1.82, 2.24) is 14.9 Å². The molecule has 1 fully saturated rings. The normalized spacial score (nSPS) is 18.1. The molecule has 5 nitrogen and oxygen atoms in total. The van der Waals surface area contributed by atoms with E-state index in [0.29, 0.717) is 6.04 Å². The largest absolute Gasteiger partial charge is 0.369 e. The third kappa shape index (κ3) is 3.41. The van der Waals surface area contributed by atoms with Crippen LogP contribution in [0.5, 0.6) is 0 Å². The molecule has 0 bridgehead atoms. The number of aromatic nitrogens is 2. The number of hydrogen-bond donors (Lipinski definition) is 1. The van der Waals surface area contributed by atoms with E-state index >= 15 is 0 Å². The monoisotopic (exact) mass is 341 g/mol. The average Bonchev–Trinajstić information content (AvgIpc) is 2.49. The van der Waals surface area contributed by atoms with Crippen LogP contribution in [0.15, 0.2) is 10.8 Å². The second-order valence-electron chi connectivity index (χ2n) is 5.17. The molecule has 2 heterocycles. The molecule has 0 spiro atoms. The molecule has 1 aliphatic rings. The second kappa shape index (κ2) is 7.22. The van der Waals surface area contributed by atoms with Gasteiger partial charge in [-0.1, -0.05) is 6.92 Å². The minimum Gasteiger partial charge on any atom is -0.369 e. The fourth-order valence-electron chi connectivity index (χ4n) is 2.50. The molecule has 1 atom stereocenters. The summed E-state index contributed by atoms with van der Waals surface area (Å²) in [6.45, 7) is 11.7. The number of anilines is 2. The molecule has 0 radical (unpaired) electrons. The summed E-state index contributed by atoms with van der Waals surface area (Å²) < 4.78 is 0.971. The van der Waals surface area contributed by atoms with E-state index in [2.05, 4.69) is 61.8 Å². The van der Waals surface area contributed by atoms with Crippen molar-refractivity contribution in [3.63, 3.8) is 0 Å². The zero-order valence-corrected chi connectivity index (χ0v) is 14.2. The first kappa shape index (κ1) is 15.5. The molecule has 20 heavy (non-hydrogen) atoms. The maximum atomic E-state index is 4.44. The molecule has 0 aromatic carbocycles. The van der Waals surface area contributed by atoms with Crippen LogP contribution in [0.2, 0.25) is 0 Å². The SMILES string of the molecule is CCNc1ncnc(N2CCN(C(C)CC)CC2)c1Br. The van der Waals surface area contributed by atoms with Crippen molar-refractivity contribution in [2.45, 2.75) is 33.2 Å². The molecule has 1 aromatic heterocycles. The van der Waals surface area contributed by atoms with E-state index in [-0.39, 0.29) is 0 Å². The van der Waals surface area contributed by atoms with Gasteiger partial charge in [0.1, 0.15) is 22.4 Å². The summed E-state index contributed by atoms with van der Waals surface area (Å²) in [6.07, 6.45) is 2.85. The molecule has 112 valence electrons. The van der Waals surface area contributed by atoms with Gasteiger partial charge in [0.15, 0.2) is 0 Å². The zero-order chi connectivity index (χ0) is 14.5. The molecule has 1 N–H and O–H groups in total. The molecule has 1 saturated heterocycles. The van der Waals surface area contributed by atoms with Crippen molar-refractivity contribution >= 4 is 27.6 Å². The number of rotatable bonds is 5. The standard InChI is InChI=1S/C14H24BrN5/c1-4-11(3)19-6-8-20(9-7-19)14-12(15)13(16-5-2)17-10-18-14/h10-11H,4-9H2,1-3H3,(H,16,17,18). The summed E-state index contributed by atoms with van der Waals surface area (Å²) in [6, 6.07) is 0.670. The van der Waals surface area contributed by atoms with Gasteiger partial charge in [-0.05, 0) is 36.2 Å². The van der Waals surface area contributed by atoms with Crippen molar-refractivity contribution in [2.75, 3.05) is 42.9 Å². The van der Waals surface area contributed by atoms with Crippen molar-refractivity contribution in [2.24, 2.45) is 0 Å². The Morgan fingerprint density at radius 3 is 2.55 bits per heavy atom. The molecular formula is C14H24BrN5. The van der Waals surface area contributed by atoms with E-state index in [4.69, 9.17) is 0 Å². The lowest BCUT2D eigenvalue weighted by Gasteiger charge is -2.38. The molecule has 1 aromatic rings. The highest BCUT2D eigenvalue weighted by Crippen LogP contribution is 2.30. The quantitative estimate of drug-likeness (QED) is 0.891. The van der Waals surface area contributed by atoms with Crippen LogP contribution in [-0.2, 0) is 0 Å². The van der Waals surface area contributed by atoms with Crippen molar-refractivity contribution in [1.29, 1.82) is 0 Å². The first-order valence-electron chi connectivity index (χ1n) is 7.40. The first-order valence-corrected chi connectivity index (χ1v) is 8.20. The Labute approximate surface area is 129 Å². The second-order valence-corrected chi connectivity index (χ2v) is 5.96. The van der Waals surface area contributed by atoms with Gasteiger partial charge in [0.05, 0.1) is 0 Å². The number of nitrogens with zero attached hydrogens (tertiary/aromatic N) is 4. The summed E-state index contributed by atoms with van der Waals surface area (Å²) in [5.41, 5.74) is 0. The number of hydrogen-bond acceptors (Lipinski definition) is 5. The van der Waals surface area contributed by atoms with Crippen LogP contribution in [0.25, 0.3) is 0 Å². The Morgan fingerprint density at radius 2 is 1.95 bits per heavy atom. The fourth-order valence-corrected chi connectivity index (χ4v) is 3.10. The van der Waals surface area contributed by atoms with Crippen molar-refractivity contribution in [3.8, 4) is 0 Å².